The molecule has 1 amide bonds. The SMILES string of the molecule is Cc1cc2nn(C)cc2c(OC(C)C2CCC(=O)N(C)C2)n1. The van der Waals surface area contributed by atoms with E-state index in [-0.39, 0.29) is 12.0 Å². The van der Waals surface area contributed by atoms with Gasteiger partial charge in [0.2, 0.25) is 11.8 Å². The van der Waals surface area contributed by atoms with Crippen LogP contribution in [0.2, 0.25) is 0 Å². The summed E-state index contributed by atoms with van der Waals surface area (Å²) in [5.74, 6) is 1.18. The Morgan fingerprint density at radius 1 is 1.41 bits per heavy atom. The number of nitrogens with zero attached hydrogens (tertiary/aromatic N) is 4. The summed E-state index contributed by atoms with van der Waals surface area (Å²) in [5.41, 5.74) is 1.79. The summed E-state index contributed by atoms with van der Waals surface area (Å²) in [5, 5.41) is 5.35. The maximum Gasteiger partial charge on any atom is 0.225 e. The third kappa shape index (κ3) is 2.77. The molecule has 2 aromatic rings. The summed E-state index contributed by atoms with van der Waals surface area (Å²) in [6.45, 7) is 4.74. The number of hydrogen-bond acceptors (Lipinski definition) is 4. The average Bonchev–Trinajstić information content (AvgIpc) is 2.82. The normalized spacial score (nSPS) is 20.5. The van der Waals surface area contributed by atoms with Gasteiger partial charge in [-0.1, -0.05) is 0 Å². The standard InChI is InChI=1S/C16H22N4O2/c1-10-7-14-13(9-20(4)18-14)16(17-10)22-11(2)12-5-6-15(21)19(3)8-12/h7,9,11-12H,5-6,8H2,1-4H3. The molecule has 6 heteroatoms. The topological polar surface area (TPSA) is 60.3 Å². The van der Waals surface area contributed by atoms with Gasteiger partial charge in [-0.25, -0.2) is 4.98 Å². The Hall–Kier alpha value is -2.11. The van der Waals surface area contributed by atoms with Crippen molar-refractivity contribution in [2.75, 3.05) is 13.6 Å². The lowest BCUT2D eigenvalue weighted by Crippen LogP contribution is -2.42. The van der Waals surface area contributed by atoms with Gasteiger partial charge in [0, 0.05) is 44.9 Å². The fraction of sp³-hybridized carbons (Fsp3) is 0.562. The highest BCUT2D eigenvalue weighted by Crippen LogP contribution is 2.28. The Kier molecular flexibility index (Phi) is 3.76. The van der Waals surface area contributed by atoms with E-state index in [4.69, 9.17) is 4.74 Å². The molecule has 1 aliphatic rings. The zero-order valence-electron chi connectivity index (χ0n) is 13.5. The number of amides is 1. The number of aryl methyl sites for hydroxylation is 2. The maximum absolute atomic E-state index is 11.6. The van der Waals surface area contributed by atoms with Gasteiger partial charge >= 0.3 is 0 Å². The first-order valence-electron chi connectivity index (χ1n) is 7.65. The number of pyridine rings is 1. The summed E-state index contributed by atoms with van der Waals surface area (Å²) in [4.78, 5) is 17.9. The van der Waals surface area contributed by atoms with Crippen LogP contribution in [0.4, 0.5) is 0 Å². The van der Waals surface area contributed by atoms with Gasteiger partial charge in [0.05, 0.1) is 10.9 Å². The van der Waals surface area contributed by atoms with Gasteiger partial charge in [-0.15, -0.1) is 0 Å². The van der Waals surface area contributed by atoms with E-state index in [9.17, 15) is 4.79 Å². The molecule has 3 rings (SSSR count). The minimum atomic E-state index is 0.00764. The molecule has 0 bridgehead atoms. The Balaban J connectivity index is 1.82. The molecular weight excluding hydrogens is 280 g/mol. The van der Waals surface area contributed by atoms with Gasteiger partial charge in [0.25, 0.3) is 0 Å². The number of carbonyl (C=O) groups excluding carboxylic acids is 1. The molecule has 3 heterocycles. The Morgan fingerprint density at radius 2 is 2.18 bits per heavy atom. The van der Waals surface area contributed by atoms with Crippen LogP contribution in [0.25, 0.3) is 10.9 Å². The lowest BCUT2D eigenvalue weighted by Gasteiger charge is -2.33. The first-order valence-corrected chi connectivity index (χ1v) is 7.65. The highest BCUT2D eigenvalue weighted by Gasteiger charge is 2.28. The maximum atomic E-state index is 11.6. The second-order valence-electron chi connectivity index (χ2n) is 6.20. The molecule has 0 N–H and O–H groups in total. The van der Waals surface area contributed by atoms with E-state index in [2.05, 4.69) is 17.0 Å². The van der Waals surface area contributed by atoms with E-state index in [0.29, 0.717) is 18.2 Å². The third-order valence-corrected chi connectivity index (χ3v) is 4.34. The molecule has 1 saturated heterocycles. The van der Waals surface area contributed by atoms with Crippen molar-refractivity contribution in [2.24, 2.45) is 13.0 Å². The second kappa shape index (κ2) is 5.59. The predicted octanol–water partition coefficient (Wildman–Crippen LogP) is 1.91. The van der Waals surface area contributed by atoms with E-state index < -0.39 is 0 Å². The van der Waals surface area contributed by atoms with Gasteiger partial charge < -0.3 is 9.64 Å². The van der Waals surface area contributed by atoms with E-state index in [1.54, 1.807) is 9.58 Å². The molecule has 22 heavy (non-hydrogen) atoms. The molecule has 1 fully saturated rings. The van der Waals surface area contributed by atoms with Crippen LogP contribution in [0.5, 0.6) is 5.88 Å². The molecule has 0 aromatic carbocycles. The molecule has 2 aromatic heterocycles. The van der Waals surface area contributed by atoms with Gasteiger partial charge in [0.1, 0.15) is 6.10 Å². The molecule has 2 atom stereocenters. The quantitative estimate of drug-likeness (QED) is 0.869. The average molecular weight is 302 g/mol. The zero-order chi connectivity index (χ0) is 15.9. The number of carbonyl (C=O) groups is 1. The molecule has 118 valence electrons. The monoisotopic (exact) mass is 302 g/mol. The minimum Gasteiger partial charge on any atom is -0.474 e. The van der Waals surface area contributed by atoms with Crippen LogP contribution in [0, 0.1) is 12.8 Å². The van der Waals surface area contributed by atoms with Crippen LogP contribution < -0.4 is 4.74 Å². The van der Waals surface area contributed by atoms with Crippen LogP contribution in [0.1, 0.15) is 25.5 Å². The van der Waals surface area contributed by atoms with Crippen molar-refractivity contribution in [3.05, 3.63) is 18.0 Å². The predicted molar refractivity (Wildman–Crippen MR) is 83.7 cm³/mol. The number of hydrogen-bond donors (Lipinski definition) is 0. The first kappa shape index (κ1) is 14.8. The summed E-state index contributed by atoms with van der Waals surface area (Å²) in [6.07, 6.45) is 3.40. The lowest BCUT2D eigenvalue weighted by molar-refractivity contribution is -0.134. The van der Waals surface area contributed by atoms with Crippen molar-refractivity contribution in [3.8, 4) is 5.88 Å². The number of aromatic nitrogens is 3. The van der Waals surface area contributed by atoms with Crippen molar-refractivity contribution in [2.45, 2.75) is 32.8 Å². The second-order valence-corrected chi connectivity index (χ2v) is 6.20. The van der Waals surface area contributed by atoms with E-state index in [1.165, 1.54) is 0 Å². The van der Waals surface area contributed by atoms with Gasteiger partial charge in [0.15, 0.2) is 0 Å². The van der Waals surface area contributed by atoms with Crippen molar-refractivity contribution < 1.29 is 9.53 Å². The van der Waals surface area contributed by atoms with Crippen LogP contribution in [-0.4, -0.2) is 45.3 Å². The number of ether oxygens (including phenoxy) is 1. The van der Waals surface area contributed by atoms with Gasteiger partial charge in [-0.05, 0) is 26.3 Å². The van der Waals surface area contributed by atoms with Crippen molar-refractivity contribution in [1.29, 1.82) is 0 Å². The van der Waals surface area contributed by atoms with Crippen LogP contribution in [-0.2, 0) is 11.8 Å². The Labute approximate surface area is 130 Å². The van der Waals surface area contributed by atoms with E-state index in [1.807, 2.05) is 33.3 Å². The molecule has 2 unspecified atom stereocenters. The van der Waals surface area contributed by atoms with Crippen molar-refractivity contribution in [1.82, 2.24) is 19.7 Å². The van der Waals surface area contributed by atoms with E-state index in [0.717, 1.165) is 29.6 Å². The summed E-state index contributed by atoms with van der Waals surface area (Å²) in [6, 6.07) is 1.96. The minimum absolute atomic E-state index is 0.00764. The molecule has 1 aliphatic heterocycles. The number of fused-ring (bicyclic) bond motifs is 1. The molecule has 0 saturated carbocycles. The zero-order valence-corrected chi connectivity index (χ0v) is 13.5. The highest BCUT2D eigenvalue weighted by molar-refractivity contribution is 5.83. The number of likely N-dealkylation sites (tertiary alicyclic amines) is 1. The van der Waals surface area contributed by atoms with Crippen LogP contribution >= 0.6 is 0 Å². The van der Waals surface area contributed by atoms with Gasteiger partial charge in [-0.3, -0.25) is 9.48 Å². The molecule has 0 radical (unpaired) electrons. The highest BCUT2D eigenvalue weighted by atomic mass is 16.5. The largest absolute Gasteiger partial charge is 0.474 e. The number of piperidine rings is 1. The van der Waals surface area contributed by atoms with Crippen molar-refractivity contribution >= 4 is 16.8 Å². The summed E-state index contributed by atoms with van der Waals surface area (Å²) < 4.78 is 7.92. The molecular formula is C16H22N4O2. The number of rotatable bonds is 3. The molecule has 6 nitrogen and oxygen atoms in total. The summed E-state index contributed by atoms with van der Waals surface area (Å²) >= 11 is 0. The smallest absolute Gasteiger partial charge is 0.225 e. The molecule has 0 spiro atoms. The third-order valence-electron chi connectivity index (χ3n) is 4.34. The lowest BCUT2D eigenvalue weighted by atomic mass is 9.93. The fourth-order valence-corrected chi connectivity index (χ4v) is 3.02. The van der Waals surface area contributed by atoms with Gasteiger partial charge in [-0.2, -0.15) is 5.10 Å². The molecule has 0 aliphatic carbocycles. The first-order chi connectivity index (χ1) is 10.4. The fourth-order valence-electron chi connectivity index (χ4n) is 3.02. The summed E-state index contributed by atoms with van der Waals surface area (Å²) in [7, 11) is 3.75. The van der Waals surface area contributed by atoms with E-state index >= 15 is 0 Å². The van der Waals surface area contributed by atoms with Crippen LogP contribution in [0.3, 0.4) is 0 Å². The Bertz CT molecular complexity index is 709. The Morgan fingerprint density at radius 3 is 2.91 bits per heavy atom. The van der Waals surface area contributed by atoms with Crippen LogP contribution in [0.15, 0.2) is 12.3 Å². The van der Waals surface area contributed by atoms with Crippen molar-refractivity contribution in [3.63, 3.8) is 0 Å².